The molecule has 3 N–H and O–H groups in total. The molecule has 0 aromatic heterocycles. The molecule has 1 aromatic rings. The average molecular weight is 257 g/mol. The number of hydrazine groups is 1. The first kappa shape index (κ1) is 14.5. The van der Waals surface area contributed by atoms with E-state index in [1.165, 1.54) is 0 Å². The summed E-state index contributed by atoms with van der Waals surface area (Å²) in [6, 6.07) is 7.81. The second-order valence-corrected chi connectivity index (χ2v) is 4.96. The van der Waals surface area contributed by atoms with Crippen molar-refractivity contribution in [3.05, 3.63) is 34.9 Å². The zero-order valence-electron chi connectivity index (χ0n) is 10.7. The van der Waals surface area contributed by atoms with Crippen molar-refractivity contribution in [2.75, 3.05) is 6.61 Å². The zero-order chi connectivity index (χ0) is 12.9. The molecule has 0 amide bonds. The Morgan fingerprint density at radius 2 is 2.06 bits per heavy atom. The van der Waals surface area contributed by atoms with Gasteiger partial charge in [0.25, 0.3) is 0 Å². The summed E-state index contributed by atoms with van der Waals surface area (Å²) in [4.78, 5) is 0. The molecule has 1 atom stereocenters. The van der Waals surface area contributed by atoms with Gasteiger partial charge in [0, 0.05) is 11.6 Å². The third kappa shape index (κ3) is 3.96. The molecule has 4 heteroatoms. The maximum absolute atomic E-state index is 6.14. The van der Waals surface area contributed by atoms with Gasteiger partial charge >= 0.3 is 0 Å². The third-order valence-electron chi connectivity index (χ3n) is 2.94. The fraction of sp³-hybridized carbons (Fsp3) is 0.538. The quantitative estimate of drug-likeness (QED) is 0.607. The van der Waals surface area contributed by atoms with E-state index >= 15 is 0 Å². The number of nitrogens with one attached hydrogen (secondary N) is 1. The summed E-state index contributed by atoms with van der Waals surface area (Å²) in [6.07, 6.45) is 0.739. The van der Waals surface area contributed by atoms with Crippen molar-refractivity contribution in [2.45, 2.75) is 38.8 Å². The van der Waals surface area contributed by atoms with Crippen molar-refractivity contribution in [1.82, 2.24) is 5.43 Å². The van der Waals surface area contributed by atoms with Gasteiger partial charge in [-0.1, -0.05) is 29.8 Å². The second-order valence-electron chi connectivity index (χ2n) is 4.55. The van der Waals surface area contributed by atoms with E-state index in [4.69, 9.17) is 22.2 Å². The van der Waals surface area contributed by atoms with Crippen LogP contribution in [0, 0.1) is 0 Å². The SMILES string of the molecule is CCOC(C)(C)C(Cc1ccccc1Cl)NN. The smallest absolute Gasteiger partial charge is 0.0795 e. The molecule has 0 aliphatic rings. The van der Waals surface area contributed by atoms with Gasteiger partial charge in [-0.3, -0.25) is 11.3 Å². The van der Waals surface area contributed by atoms with Gasteiger partial charge in [0.2, 0.25) is 0 Å². The summed E-state index contributed by atoms with van der Waals surface area (Å²) in [5, 5.41) is 0.764. The lowest BCUT2D eigenvalue weighted by molar-refractivity contribution is -0.0380. The molecule has 96 valence electrons. The first-order chi connectivity index (χ1) is 8.01. The fourth-order valence-electron chi connectivity index (χ4n) is 1.86. The van der Waals surface area contributed by atoms with Crippen LogP contribution in [0.15, 0.2) is 24.3 Å². The maximum atomic E-state index is 6.14. The molecule has 3 nitrogen and oxygen atoms in total. The largest absolute Gasteiger partial charge is 0.374 e. The monoisotopic (exact) mass is 256 g/mol. The minimum absolute atomic E-state index is 0.0161. The number of hydrogen-bond acceptors (Lipinski definition) is 3. The summed E-state index contributed by atoms with van der Waals surface area (Å²) in [7, 11) is 0. The summed E-state index contributed by atoms with van der Waals surface area (Å²) in [5.74, 6) is 5.61. The highest BCUT2D eigenvalue weighted by Crippen LogP contribution is 2.22. The average Bonchev–Trinajstić information content (AvgIpc) is 2.27. The topological polar surface area (TPSA) is 47.3 Å². The van der Waals surface area contributed by atoms with Gasteiger partial charge in [-0.05, 0) is 38.8 Å². The van der Waals surface area contributed by atoms with Crippen molar-refractivity contribution in [3.8, 4) is 0 Å². The number of halogens is 1. The first-order valence-corrected chi connectivity index (χ1v) is 6.22. The molecule has 0 aliphatic carbocycles. The van der Waals surface area contributed by atoms with Crippen LogP contribution in [0.4, 0.5) is 0 Å². The van der Waals surface area contributed by atoms with Gasteiger partial charge in [0.15, 0.2) is 0 Å². The molecule has 1 unspecified atom stereocenters. The Morgan fingerprint density at radius 1 is 1.41 bits per heavy atom. The van der Waals surface area contributed by atoms with E-state index in [-0.39, 0.29) is 11.6 Å². The van der Waals surface area contributed by atoms with E-state index in [0.717, 1.165) is 17.0 Å². The summed E-state index contributed by atoms with van der Waals surface area (Å²) < 4.78 is 5.71. The summed E-state index contributed by atoms with van der Waals surface area (Å²) in [6.45, 7) is 6.69. The van der Waals surface area contributed by atoms with Crippen molar-refractivity contribution >= 4 is 11.6 Å². The molecule has 0 radical (unpaired) electrons. The summed E-state index contributed by atoms with van der Waals surface area (Å²) in [5.41, 5.74) is 3.56. The Balaban J connectivity index is 2.80. The molecular formula is C13H21ClN2O. The van der Waals surface area contributed by atoms with Crippen LogP contribution in [0.1, 0.15) is 26.3 Å². The van der Waals surface area contributed by atoms with E-state index < -0.39 is 0 Å². The lowest BCUT2D eigenvalue weighted by atomic mass is 9.92. The first-order valence-electron chi connectivity index (χ1n) is 5.84. The van der Waals surface area contributed by atoms with Crippen LogP contribution in [0.2, 0.25) is 5.02 Å². The number of ether oxygens (including phenoxy) is 1. The van der Waals surface area contributed by atoms with Gasteiger partial charge in [-0.15, -0.1) is 0 Å². The number of nitrogens with two attached hydrogens (primary N) is 1. The van der Waals surface area contributed by atoms with Crippen LogP contribution in [0.25, 0.3) is 0 Å². The van der Waals surface area contributed by atoms with Crippen LogP contribution in [0.3, 0.4) is 0 Å². The van der Waals surface area contributed by atoms with Crippen LogP contribution >= 0.6 is 11.6 Å². The van der Waals surface area contributed by atoms with E-state index in [2.05, 4.69) is 5.43 Å². The van der Waals surface area contributed by atoms with Crippen LogP contribution in [-0.2, 0) is 11.2 Å². The van der Waals surface area contributed by atoms with E-state index in [1.807, 2.05) is 45.0 Å². The predicted octanol–water partition coefficient (Wildman–Crippen LogP) is 2.53. The molecule has 0 aliphatic heterocycles. The number of hydrogen-bond donors (Lipinski definition) is 2. The van der Waals surface area contributed by atoms with Crippen LogP contribution in [-0.4, -0.2) is 18.2 Å². The molecule has 0 fully saturated rings. The highest BCUT2D eigenvalue weighted by atomic mass is 35.5. The molecule has 0 saturated carbocycles. The van der Waals surface area contributed by atoms with Gasteiger partial charge in [-0.2, -0.15) is 0 Å². The lowest BCUT2D eigenvalue weighted by Gasteiger charge is -2.34. The normalized spacial score (nSPS) is 13.7. The molecule has 0 spiro atoms. The van der Waals surface area contributed by atoms with Gasteiger partial charge < -0.3 is 4.74 Å². The predicted molar refractivity (Wildman–Crippen MR) is 72.0 cm³/mol. The van der Waals surface area contributed by atoms with Gasteiger partial charge in [-0.25, -0.2) is 0 Å². The molecule has 0 bridgehead atoms. The molecule has 0 heterocycles. The molecule has 0 saturated heterocycles. The standard InChI is InChI=1S/C13H21ClN2O/c1-4-17-13(2,3)12(16-15)9-10-7-5-6-8-11(10)14/h5-8,12,16H,4,9,15H2,1-3H3. The van der Waals surface area contributed by atoms with E-state index in [1.54, 1.807) is 0 Å². The van der Waals surface area contributed by atoms with Crippen LogP contribution < -0.4 is 11.3 Å². The highest BCUT2D eigenvalue weighted by molar-refractivity contribution is 6.31. The maximum Gasteiger partial charge on any atom is 0.0795 e. The Bertz CT molecular complexity index is 355. The summed E-state index contributed by atoms with van der Waals surface area (Å²) >= 11 is 6.14. The molecule has 17 heavy (non-hydrogen) atoms. The van der Waals surface area contributed by atoms with E-state index in [0.29, 0.717) is 6.61 Å². The minimum Gasteiger partial charge on any atom is -0.374 e. The lowest BCUT2D eigenvalue weighted by Crippen LogP contribution is -2.52. The highest BCUT2D eigenvalue weighted by Gasteiger charge is 2.29. The van der Waals surface area contributed by atoms with Crippen molar-refractivity contribution in [3.63, 3.8) is 0 Å². The zero-order valence-corrected chi connectivity index (χ0v) is 11.4. The van der Waals surface area contributed by atoms with E-state index in [9.17, 15) is 0 Å². The van der Waals surface area contributed by atoms with Crippen molar-refractivity contribution in [2.24, 2.45) is 5.84 Å². The Kier molecular flexibility index (Phi) is 5.40. The van der Waals surface area contributed by atoms with Gasteiger partial charge in [0.05, 0.1) is 11.6 Å². The molecule has 1 aromatic carbocycles. The fourth-order valence-corrected chi connectivity index (χ4v) is 2.07. The van der Waals surface area contributed by atoms with Crippen molar-refractivity contribution in [1.29, 1.82) is 0 Å². The minimum atomic E-state index is -0.331. The van der Waals surface area contributed by atoms with Crippen LogP contribution in [0.5, 0.6) is 0 Å². The Labute approximate surface area is 108 Å². The molecule has 1 rings (SSSR count). The second kappa shape index (κ2) is 6.36. The Hall–Kier alpha value is -0.610. The van der Waals surface area contributed by atoms with Gasteiger partial charge in [0.1, 0.15) is 0 Å². The van der Waals surface area contributed by atoms with Crippen molar-refractivity contribution < 1.29 is 4.74 Å². The Morgan fingerprint density at radius 3 is 2.59 bits per heavy atom. The number of rotatable bonds is 6. The third-order valence-corrected chi connectivity index (χ3v) is 3.31. The molecular weight excluding hydrogens is 236 g/mol. The number of benzene rings is 1.